The summed E-state index contributed by atoms with van der Waals surface area (Å²) in [7, 11) is 3.50. The molecule has 0 aliphatic carbocycles. The summed E-state index contributed by atoms with van der Waals surface area (Å²) in [5, 5.41) is 3.58. The number of ether oxygens (including phenoxy) is 2. The smallest absolute Gasteiger partial charge is 0.123 e. The molecular formula is C14H21NO2. The molecule has 2 atom stereocenters. The summed E-state index contributed by atoms with van der Waals surface area (Å²) in [5.74, 6) is 1.50. The van der Waals surface area contributed by atoms with E-state index in [0.29, 0.717) is 12.0 Å². The van der Waals surface area contributed by atoms with Gasteiger partial charge in [0.15, 0.2) is 0 Å². The van der Waals surface area contributed by atoms with Crippen molar-refractivity contribution in [2.24, 2.45) is 5.92 Å². The van der Waals surface area contributed by atoms with Crippen LogP contribution in [0.4, 0.5) is 0 Å². The molecule has 0 amide bonds. The van der Waals surface area contributed by atoms with Crippen LogP contribution in [0.1, 0.15) is 24.4 Å². The van der Waals surface area contributed by atoms with Gasteiger partial charge in [0.25, 0.3) is 0 Å². The molecular weight excluding hydrogens is 214 g/mol. The Balaban J connectivity index is 2.22. The quantitative estimate of drug-likeness (QED) is 0.869. The van der Waals surface area contributed by atoms with E-state index in [0.717, 1.165) is 18.9 Å². The standard InChI is InChI=1S/C14H21NO2/c1-16-10-11-6-5-9-15-14(11)12-7-3-4-8-13(12)17-2/h3-4,7-8,11,14-15H,5-6,9-10H2,1-2H3. The fourth-order valence-corrected chi connectivity index (χ4v) is 2.64. The third-order valence-electron chi connectivity index (χ3n) is 3.44. The van der Waals surface area contributed by atoms with Gasteiger partial charge < -0.3 is 14.8 Å². The number of nitrogens with one attached hydrogen (secondary N) is 1. The summed E-state index contributed by atoms with van der Waals surface area (Å²) < 4.78 is 10.8. The number of rotatable bonds is 4. The van der Waals surface area contributed by atoms with Crippen molar-refractivity contribution in [3.05, 3.63) is 29.8 Å². The lowest BCUT2D eigenvalue weighted by Crippen LogP contribution is -2.36. The molecule has 0 bridgehead atoms. The van der Waals surface area contributed by atoms with Crippen LogP contribution in [0, 0.1) is 5.92 Å². The van der Waals surface area contributed by atoms with E-state index in [2.05, 4.69) is 17.4 Å². The molecule has 1 saturated heterocycles. The van der Waals surface area contributed by atoms with E-state index in [4.69, 9.17) is 9.47 Å². The summed E-state index contributed by atoms with van der Waals surface area (Å²) >= 11 is 0. The second-order valence-electron chi connectivity index (χ2n) is 4.53. The molecule has 0 aromatic heterocycles. The van der Waals surface area contributed by atoms with Crippen molar-refractivity contribution < 1.29 is 9.47 Å². The van der Waals surface area contributed by atoms with Gasteiger partial charge in [0.2, 0.25) is 0 Å². The Morgan fingerprint density at radius 1 is 1.29 bits per heavy atom. The second-order valence-corrected chi connectivity index (χ2v) is 4.53. The Kier molecular flexibility index (Phi) is 4.40. The van der Waals surface area contributed by atoms with Gasteiger partial charge in [-0.2, -0.15) is 0 Å². The Morgan fingerprint density at radius 3 is 2.88 bits per heavy atom. The Hall–Kier alpha value is -1.06. The first-order chi connectivity index (χ1) is 8.36. The number of para-hydroxylation sites is 1. The van der Waals surface area contributed by atoms with Crippen molar-refractivity contribution in [2.75, 3.05) is 27.4 Å². The van der Waals surface area contributed by atoms with Gasteiger partial charge in [0, 0.05) is 24.6 Å². The molecule has 1 fully saturated rings. The van der Waals surface area contributed by atoms with E-state index in [-0.39, 0.29) is 0 Å². The Morgan fingerprint density at radius 2 is 2.12 bits per heavy atom. The average molecular weight is 235 g/mol. The van der Waals surface area contributed by atoms with E-state index >= 15 is 0 Å². The fourth-order valence-electron chi connectivity index (χ4n) is 2.64. The van der Waals surface area contributed by atoms with Crippen LogP contribution in [0.25, 0.3) is 0 Å². The SMILES string of the molecule is COCC1CCCNC1c1ccccc1OC. The molecule has 17 heavy (non-hydrogen) atoms. The summed E-state index contributed by atoms with van der Waals surface area (Å²) in [6.07, 6.45) is 2.43. The topological polar surface area (TPSA) is 30.5 Å². The van der Waals surface area contributed by atoms with Gasteiger partial charge >= 0.3 is 0 Å². The minimum Gasteiger partial charge on any atom is -0.496 e. The number of hydrogen-bond donors (Lipinski definition) is 1. The highest BCUT2D eigenvalue weighted by atomic mass is 16.5. The van der Waals surface area contributed by atoms with Gasteiger partial charge in [-0.05, 0) is 25.5 Å². The number of methoxy groups -OCH3 is 2. The van der Waals surface area contributed by atoms with Crippen LogP contribution in [0.2, 0.25) is 0 Å². The van der Waals surface area contributed by atoms with Crippen LogP contribution in [-0.4, -0.2) is 27.4 Å². The minimum absolute atomic E-state index is 0.347. The van der Waals surface area contributed by atoms with Gasteiger partial charge in [0.1, 0.15) is 5.75 Å². The van der Waals surface area contributed by atoms with E-state index in [9.17, 15) is 0 Å². The van der Waals surface area contributed by atoms with E-state index in [1.807, 2.05) is 12.1 Å². The molecule has 1 N–H and O–H groups in total. The highest BCUT2D eigenvalue weighted by Crippen LogP contribution is 2.34. The third-order valence-corrected chi connectivity index (χ3v) is 3.44. The van der Waals surface area contributed by atoms with E-state index in [1.165, 1.54) is 18.4 Å². The van der Waals surface area contributed by atoms with Gasteiger partial charge in [-0.15, -0.1) is 0 Å². The number of hydrogen-bond acceptors (Lipinski definition) is 3. The number of piperidine rings is 1. The van der Waals surface area contributed by atoms with Crippen molar-refractivity contribution in [1.82, 2.24) is 5.32 Å². The van der Waals surface area contributed by atoms with Crippen molar-refractivity contribution in [3.63, 3.8) is 0 Å². The van der Waals surface area contributed by atoms with Crippen molar-refractivity contribution in [3.8, 4) is 5.75 Å². The van der Waals surface area contributed by atoms with Gasteiger partial charge in [-0.1, -0.05) is 18.2 Å². The van der Waals surface area contributed by atoms with Crippen LogP contribution >= 0.6 is 0 Å². The Labute approximate surface area is 103 Å². The lowest BCUT2D eigenvalue weighted by Gasteiger charge is -2.33. The predicted octanol–water partition coefficient (Wildman–Crippen LogP) is 2.38. The molecule has 3 heteroatoms. The second kappa shape index (κ2) is 6.03. The van der Waals surface area contributed by atoms with Crippen LogP contribution in [0.15, 0.2) is 24.3 Å². The maximum atomic E-state index is 5.44. The maximum Gasteiger partial charge on any atom is 0.123 e. The van der Waals surface area contributed by atoms with Crippen LogP contribution < -0.4 is 10.1 Å². The number of benzene rings is 1. The first-order valence-electron chi connectivity index (χ1n) is 6.22. The zero-order chi connectivity index (χ0) is 12.1. The highest BCUT2D eigenvalue weighted by Gasteiger charge is 2.27. The molecule has 1 aromatic rings. The lowest BCUT2D eigenvalue weighted by atomic mass is 9.86. The van der Waals surface area contributed by atoms with Crippen molar-refractivity contribution >= 4 is 0 Å². The predicted molar refractivity (Wildman–Crippen MR) is 68.3 cm³/mol. The normalized spacial score (nSPS) is 24.6. The zero-order valence-electron chi connectivity index (χ0n) is 10.6. The van der Waals surface area contributed by atoms with E-state index in [1.54, 1.807) is 14.2 Å². The van der Waals surface area contributed by atoms with Gasteiger partial charge in [0.05, 0.1) is 13.7 Å². The first kappa shape index (κ1) is 12.4. The van der Waals surface area contributed by atoms with Crippen molar-refractivity contribution in [2.45, 2.75) is 18.9 Å². The van der Waals surface area contributed by atoms with Crippen LogP contribution in [-0.2, 0) is 4.74 Å². The Bertz CT molecular complexity index is 352. The molecule has 1 aliphatic rings. The summed E-state index contributed by atoms with van der Waals surface area (Å²) in [6, 6.07) is 8.59. The summed E-state index contributed by atoms with van der Waals surface area (Å²) in [4.78, 5) is 0. The molecule has 0 radical (unpaired) electrons. The minimum atomic E-state index is 0.347. The van der Waals surface area contributed by atoms with Crippen LogP contribution in [0.5, 0.6) is 5.75 Å². The zero-order valence-corrected chi connectivity index (χ0v) is 10.6. The third kappa shape index (κ3) is 2.79. The van der Waals surface area contributed by atoms with Crippen LogP contribution in [0.3, 0.4) is 0 Å². The molecule has 3 nitrogen and oxygen atoms in total. The lowest BCUT2D eigenvalue weighted by molar-refractivity contribution is 0.111. The molecule has 1 aromatic carbocycles. The molecule has 1 heterocycles. The average Bonchev–Trinajstić information content (AvgIpc) is 2.40. The molecule has 2 rings (SSSR count). The van der Waals surface area contributed by atoms with Crippen molar-refractivity contribution in [1.29, 1.82) is 0 Å². The van der Waals surface area contributed by atoms with E-state index < -0.39 is 0 Å². The summed E-state index contributed by atoms with van der Waals surface area (Å²) in [5.41, 5.74) is 1.25. The molecule has 0 spiro atoms. The maximum absolute atomic E-state index is 5.44. The fraction of sp³-hybridized carbons (Fsp3) is 0.571. The molecule has 0 saturated carbocycles. The largest absolute Gasteiger partial charge is 0.496 e. The summed E-state index contributed by atoms with van der Waals surface area (Å²) in [6.45, 7) is 1.87. The highest BCUT2D eigenvalue weighted by molar-refractivity contribution is 5.36. The van der Waals surface area contributed by atoms with Gasteiger partial charge in [-0.3, -0.25) is 0 Å². The molecule has 2 unspecified atom stereocenters. The molecule has 1 aliphatic heterocycles. The monoisotopic (exact) mass is 235 g/mol. The molecule has 94 valence electrons. The first-order valence-corrected chi connectivity index (χ1v) is 6.22. The van der Waals surface area contributed by atoms with Gasteiger partial charge in [-0.25, -0.2) is 0 Å².